The number of hydrogen-bond donors (Lipinski definition) is 1. The summed E-state index contributed by atoms with van der Waals surface area (Å²) in [5.74, 6) is 5.96. The molecule has 0 spiro atoms. The van der Waals surface area contributed by atoms with Crippen LogP contribution in [0.5, 0.6) is 0 Å². The average Bonchev–Trinajstić information content (AvgIpc) is 2.32. The maximum atomic E-state index is 3.50. The molecule has 0 bridgehead atoms. The van der Waals surface area contributed by atoms with Gasteiger partial charge in [0.15, 0.2) is 0 Å². The van der Waals surface area contributed by atoms with E-state index in [4.69, 9.17) is 0 Å². The van der Waals surface area contributed by atoms with Gasteiger partial charge in [-0.3, -0.25) is 0 Å². The van der Waals surface area contributed by atoms with Crippen LogP contribution in [0.1, 0.15) is 40.0 Å². The molecule has 0 radical (unpaired) electrons. The van der Waals surface area contributed by atoms with Gasteiger partial charge in [-0.05, 0) is 25.2 Å². The van der Waals surface area contributed by atoms with Gasteiger partial charge in [0.25, 0.3) is 0 Å². The lowest BCUT2D eigenvalue weighted by atomic mass is 9.87. The van der Waals surface area contributed by atoms with Gasteiger partial charge >= 0.3 is 0 Å². The monoisotopic (exact) mass is 165 g/mol. The van der Waals surface area contributed by atoms with E-state index in [9.17, 15) is 0 Å². The van der Waals surface area contributed by atoms with Crippen molar-refractivity contribution in [2.45, 2.75) is 46.1 Å². The second-order valence-corrected chi connectivity index (χ2v) is 4.24. The topological polar surface area (TPSA) is 12.0 Å². The first kappa shape index (κ1) is 9.61. The highest BCUT2D eigenvalue weighted by Crippen LogP contribution is 2.36. The van der Waals surface area contributed by atoms with E-state index in [0.29, 0.717) is 11.5 Å². The van der Waals surface area contributed by atoms with Crippen LogP contribution in [0.15, 0.2) is 0 Å². The summed E-state index contributed by atoms with van der Waals surface area (Å²) in [6.45, 7) is 7.43. The number of nitrogens with one attached hydrogen (secondary N) is 1. The SMILES string of the molecule is CC#CCNC1CCCC1(C)C. The molecule has 0 aromatic rings. The van der Waals surface area contributed by atoms with Crippen LogP contribution in [0.2, 0.25) is 0 Å². The van der Waals surface area contributed by atoms with E-state index < -0.39 is 0 Å². The molecule has 1 nitrogen and oxygen atoms in total. The third-order valence-electron chi connectivity index (χ3n) is 2.87. The summed E-state index contributed by atoms with van der Waals surface area (Å²) in [5, 5.41) is 3.50. The first-order chi connectivity index (χ1) is 5.67. The summed E-state index contributed by atoms with van der Waals surface area (Å²) < 4.78 is 0. The summed E-state index contributed by atoms with van der Waals surface area (Å²) in [7, 11) is 0. The molecule has 0 saturated heterocycles. The van der Waals surface area contributed by atoms with E-state index in [-0.39, 0.29) is 0 Å². The predicted molar refractivity (Wildman–Crippen MR) is 52.9 cm³/mol. The van der Waals surface area contributed by atoms with Crippen molar-refractivity contribution < 1.29 is 0 Å². The van der Waals surface area contributed by atoms with Gasteiger partial charge in [0, 0.05) is 6.04 Å². The van der Waals surface area contributed by atoms with Crippen molar-refractivity contribution in [3.63, 3.8) is 0 Å². The van der Waals surface area contributed by atoms with Crippen molar-refractivity contribution in [2.24, 2.45) is 5.41 Å². The Morgan fingerprint density at radius 1 is 1.50 bits per heavy atom. The lowest BCUT2D eigenvalue weighted by molar-refractivity contribution is 0.292. The molecule has 1 unspecified atom stereocenters. The third-order valence-corrected chi connectivity index (χ3v) is 2.87. The first-order valence-corrected chi connectivity index (χ1v) is 4.80. The largest absolute Gasteiger partial charge is 0.303 e. The van der Waals surface area contributed by atoms with Crippen LogP contribution < -0.4 is 5.32 Å². The van der Waals surface area contributed by atoms with E-state index >= 15 is 0 Å². The molecule has 0 aliphatic heterocycles. The summed E-state index contributed by atoms with van der Waals surface area (Å²) in [6.07, 6.45) is 4.03. The molecule has 0 amide bonds. The van der Waals surface area contributed by atoms with Gasteiger partial charge in [0.2, 0.25) is 0 Å². The zero-order valence-corrected chi connectivity index (χ0v) is 8.41. The molecule has 0 heterocycles. The first-order valence-electron chi connectivity index (χ1n) is 4.80. The summed E-state index contributed by atoms with van der Waals surface area (Å²) in [5.41, 5.74) is 0.482. The van der Waals surface area contributed by atoms with Crippen LogP contribution in [0.25, 0.3) is 0 Å². The fourth-order valence-electron chi connectivity index (χ4n) is 1.97. The summed E-state index contributed by atoms with van der Waals surface area (Å²) in [6, 6.07) is 0.679. The van der Waals surface area contributed by atoms with E-state index in [1.807, 2.05) is 6.92 Å². The molecule has 0 aromatic carbocycles. The maximum Gasteiger partial charge on any atom is 0.0578 e. The van der Waals surface area contributed by atoms with Gasteiger partial charge in [-0.25, -0.2) is 0 Å². The lowest BCUT2D eigenvalue weighted by Crippen LogP contribution is -2.37. The standard InChI is InChI=1S/C11H19N/c1-4-5-9-12-10-7-6-8-11(10,2)3/h10,12H,6-9H2,1-3H3. The Morgan fingerprint density at radius 2 is 2.25 bits per heavy atom. The van der Waals surface area contributed by atoms with E-state index in [0.717, 1.165) is 6.54 Å². The summed E-state index contributed by atoms with van der Waals surface area (Å²) in [4.78, 5) is 0. The maximum absolute atomic E-state index is 3.50. The molecule has 1 heteroatoms. The Hall–Kier alpha value is -0.480. The van der Waals surface area contributed by atoms with Crippen LogP contribution >= 0.6 is 0 Å². The molecule has 1 rings (SSSR count). The predicted octanol–water partition coefficient (Wildman–Crippen LogP) is 2.18. The number of hydrogen-bond acceptors (Lipinski definition) is 1. The Kier molecular flexibility index (Phi) is 3.17. The van der Waals surface area contributed by atoms with Crippen molar-refractivity contribution in [3.05, 3.63) is 0 Å². The average molecular weight is 165 g/mol. The Labute approximate surface area is 75.9 Å². The van der Waals surface area contributed by atoms with Gasteiger partial charge in [-0.15, -0.1) is 5.92 Å². The summed E-state index contributed by atoms with van der Waals surface area (Å²) >= 11 is 0. The third kappa shape index (κ3) is 2.25. The van der Waals surface area contributed by atoms with Crippen molar-refractivity contribution in [1.29, 1.82) is 0 Å². The van der Waals surface area contributed by atoms with E-state index in [2.05, 4.69) is 31.0 Å². The quantitative estimate of drug-likeness (QED) is 0.618. The molecular formula is C11H19N. The van der Waals surface area contributed by atoms with Crippen molar-refractivity contribution >= 4 is 0 Å². The molecule has 1 N–H and O–H groups in total. The van der Waals surface area contributed by atoms with Crippen LogP contribution in [-0.4, -0.2) is 12.6 Å². The molecule has 1 saturated carbocycles. The van der Waals surface area contributed by atoms with Gasteiger partial charge in [0.1, 0.15) is 0 Å². The van der Waals surface area contributed by atoms with Crippen LogP contribution in [0.4, 0.5) is 0 Å². The normalized spacial score (nSPS) is 26.4. The molecule has 0 aromatic heterocycles. The van der Waals surface area contributed by atoms with E-state index in [1.165, 1.54) is 19.3 Å². The second kappa shape index (κ2) is 3.96. The molecule has 1 fully saturated rings. The zero-order chi connectivity index (χ0) is 9.03. The number of rotatable bonds is 2. The molecule has 1 aliphatic rings. The molecule has 68 valence electrons. The minimum Gasteiger partial charge on any atom is -0.303 e. The highest BCUT2D eigenvalue weighted by Gasteiger charge is 2.33. The minimum atomic E-state index is 0.482. The van der Waals surface area contributed by atoms with Gasteiger partial charge in [-0.2, -0.15) is 0 Å². The van der Waals surface area contributed by atoms with Crippen molar-refractivity contribution in [3.8, 4) is 11.8 Å². The van der Waals surface area contributed by atoms with Crippen LogP contribution in [-0.2, 0) is 0 Å². The Morgan fingerprint density at radius 3 is 2.75 bits per heavy atom. The van der Waals surface area contributed by atoms with Crippen LogP contribution in [0, 0.1) is 17.3 Å². The van der Waals surface area contributed by atoms with Gasteiger partial charge < -0.3 is 5.32 Å². The fraction of sp³-hybridized carbons (Fsp3) is 0.818. The Balaban J connectivity index is 2.35. The molecule has 1 aliphatic carbocycles. The molecular weight excluding hydrogens is 146 g/mol. The lowest BCUT2D eigenvalue weighted by Gasteiger charge is -2.27. The van der Waals surface area contributed by atoms with E-state index in [1.54, 1.807) is 0 Å². The highest BCUT2D eigenvalue weighted by atomic mass is 14.9. The molecule has 12 heavy (non-hydrogen) atoms. The smallest absolute Gasteiger partial charge is 0.0578 e. The van der Waals surface area contributed by atoms with Crippen molar-refractivity contribution in [2.75, 3.05) is 6.54 Å². The van der Waals surface area contributed by atoms with Crippen LogP contribution in [0.3, 0.4) is 0 Å². The minimum absolute atomic E-state index is 0.482. The van der Waals surface area contributed by atoms with Gasteiger partial charge in [0.05, 0.1) is 6.54 Å². The zero-order valence-electron chi connectivity index (χ0n) is 8.41. The van der Waals surface area contributed by atoms with Crippen molar-refractivity contribution in [1.82, 2.24) is 5.32 Å². The highest BCUT2D eigenvalue weighted by molar-refractivity contribution is 5.00. The second-order valence-electron chi connectivity index (χ2n) is 4.24. The fourth-order valence-corrected chi connectivity index (χ4v) is 1.97. The molecule has 1 atom stereocenters. The Bertz CT molecular complexity index is 195. The van der Waals surface area contributed by atoms with Gasteiger partial charge in [-0.1, -0.05) is 26.2 Å².